The molecule has 3 rings (SSSR count). The minimum Gasteiger partial charge on any atom is -0.394 e. The second-order valence-corrected chi connectivity index (χ2v) is 8.09. The van der Waals surface area contributed by atoms with Gasteiger partial charge in [0.1, 0.15) is 0 Å². The van der Waals surface area contributed by atoms with Gasteiger partial charge in [-0.1, -0.05) is 43.7 Å². The number of nitrogens with two attached hydrogens (primary N) is 1. The fourth-order valence-electron chi connectivity index (χ4n) is 4.46. The van der Waals surface area contributed by atoms with Crippen LogP contribution in [0.25, 0.3) is 0 Å². The first-order valence-electron chi connectivity index (χ1n) is 9.80. The van der Waals surface area contributed by atoms with Crippen LogP contribution in [0.3, 0.4) is 0 Å². The van der Waals surface area contributed by atoms with Crippen LogP contribution in [0.15, 0.2) is 30.4 Å². The highest BCUT2D eigenvalue weighted by molar-refractivity contribution is 5.36. The zero-order valence-corrected chi connectivity index (χ0v) is 15.1. The summed E-state index contributed by atoms with van der Waals surface area (Å²) in [5.74, 6) is 1.34. The fraction of sp³-hybridized carbons (Fsp3) is 0.636. The molecule has 0 bridgehead atoms. The Balaban J connectivity index is 1.62. The van der Waals surface area contributed by atoms with Crippen LogP contribution in [0, 0.1) is 5.92 Å². The van der Waals surface area contributed by atoms with Gasteiger partial charge in [-0.15, -0.1) is 0 Å². The number of allylic oxidation sites excluding steroid dienone is 2. The van der Waals surface area contributed by atoms with Crippen molar-refractivity contribution in [2.75, 3.05) is 6.61 Å². The van der Waals surface area contributed by atoms with Crippen molar-refractivity contribution in [1.29, 1.82) is 0 Å². The van der Waals surface area contributed by atoms with Crippen LogP contribution in [-0.4, -0.2) is 17.3 Å². The highest BCUT2D eigenvalue weighted by Crippen LogP contribution is 2.40. The smallest absolute Gasteiger partial charge is 0.0611 e. The third-order valence-corrected chi connectivity index (χ3v) is 6.08. The predicted octanol–water partition coefficient (Wildman–Crippen LogP) is 4.50. The Morgan fingerprint density at radius 1 is 1.25 bits per heavy atom. The van der Waals surface area contributed by atoms with E-state index < -0.39 is 0 Å². The molecule has 2 heteroatoms. The summed E-state index contributed by atoms with van der Waals surface area (Å²) in [6, 6.07) is 7.12. The van der Waals surface area contributed by atoms with Crippen molar-refractivity contribution in [2.24, 2.45) is 11.7 Å². The molecule has 1 aromatic carbocycles. The molecule has 132 valence electrons. The van der Waals surface area contributed by atoms with Crippen LogP contribution >= 0.6 is 0 Å². The third-order valence-electron chi connectivity index (χ3n) is 6.08. The normalized spacial score (nSPS) is 30.0. The largest absolute Gasteiger partial charge is 0.394 e. The second kappa shape index (κ2) is 7.84. The Labute approximate surface area is 147 Å². The summed E-state index contributed by atoms with van der Waals surface area (Å²) in [6.45, 7) is 2.35. The minimum atomic E-state index is -0.351. The molecule has 2 nitrogen and oxygen atoms in total. The highest BCUT2D eigenvalue weighted by Gasteiger charge is 2.36. The maximum absolute atomic E-state index is 9.49. The van der Waals surface area contributed by atoms with Gasteiger partial charge in [0.15, 0.2) is 0 Å². The van der Waals surface area contributed by atoms with Crippen molar-refractivity contribution in [3.05, 3.63) is 47.0 Å². The maximum atomic E-state index is 9.49. The van der Waals surface area contributed by atoms with Crippen LogP contribution in [0.4, 0.5) is 0 Å². The van der Waals surface area contributed by atoms with Crippen LogP contribution < -0.4 is 5.73 Å². The number of aliphatic hydroxyl groups is 1. The first-order valence-corrected chi connectivity index (χ1v) is 9.80. The molecular weight excluding hydrogens is 294 g/mol. The zero-order valence-electron chi connectivity index (χ0n) is 15.1. The molecule has 3 atom stereocenters. The van der Waals surface area contributed by atoms with Crippen LogP contribution in [0.1, 0.15) is 74.5 Å². The number of hydrogen-bond donors (Lipinski definition) is 2. The van der Waals surface area contributed by atoms with Gasteiger partial charge in [0, 0.05) is 5.54 Å². The molecule has 0 aromatic heterocycles. The quantitative estimate of drug-likeness (QED) is 0.756. The molecular formula is C22H33NO. The van der Waals surface area contributed by atoms with E-state index in [-0.39, 0.29) is 12.1 Å². The summed E-state index contributed by atoms with van der Waals surface area (Å²) in [6.07, 6.45) is 15.2. The van der Waals surface area contributed by atoms with Gasteiger partial charge in [0.2, 0.25) is 0 Å². The third kappa shape index (κ3) is 4.10. The summed E-state index contributed by atoms with van der Waals surface area (Å²) < 4.78 is 0. The van der Waals surface area contributed by atoms with Gasteiger partial charge < -0.3 is 10.8 Å². The Morgan fingerprint density at radius 3 is 2.88 bits per heavy atom. The molecule has 0 spiro atoms. The molecule has 0 heterocycles. The SMILES string of the molecule is CCC/C=C/CC1CCc2cc([C@H]3CC[C@](N)(CO)C3)ccc2C1. The van der Waals surface area contributed by atoms with Crippen molar-refractivity contribution < 1.29 is 5.11 Å². The van der Waals surface area contributed by atoms with Crippen molar-refractivity contribution >= 4 is 0 Å². The Bertz CT molecular complexity index is 579. The molecule has 1 aromatic rings. The molecule has 24 heavy (non-hydrogen) atoms. The van der Waals surface area contributed by atoms with E-state index in [0.717, 1.165) is 25.2 Å². The fourth-order valence-corrected chi connectivity index (χ4v) is 4.46. The lowest BCUT2D eigenvalue weighted by molar-refractivity contribution is 0.198. The number of fused-ring (bicyclic) bond motifs is 1. The van der Waals surface area contributed by atoms with E-state index in [4.69, 9.17) is 5.73 Å². The molecule has 0 amide bonds. The molecule has 2 aliphatic carbocycles. The van der Waals surface area contributed by atoms with Crippen LogP contribution in [0.2, 0.25) is 0 Å². The van der Waals surface area contributed by atoms with Gasteiger partial charge in [-0.2, -0.15) is 0 Å². The van der Waals surface area contributed by atoms with E-state index in [1.165, 1.54) is 44.1 Å². The molecule has 1 unspecified atom stereocenters. The van der Waals surface area contributed by atoms with Crippen molar-refractivity contribution in [1.82, 2.24) is 0 Å². The van der Waals surface area contributed by atoms with Gasteiger partial charge in [-0.25, -0.2) is 0 Å². The van der Waals surface area contributed by atoms with E-state index in [0.29, 0.717) is 5.92 Å². The number of benzene rings is 1. The lowest BCUT2D eigenvalue weighted by atomic mass is 9.80. The van der Waals surface area contributed by atoms with Crippen molar-refractivity contribution in [3.63, 3.8) is 0 Å². The van der Waals surface area contributed by atoms with Crippen molar-refractivity contribution in [2.45, 2.75) is 76.2 Å². The van der Waals surface area contributed by atoms with Gasteiger partial charge in [-0.3, -0.25) is 0 Å². The Morgan fingerprint density at radius 2 is 2.12 bits per heavy atom. The van der Waals surface area contributed by atoms with Crippen LogP contribution in [-0.2, 0) is 12.8 Å². The van der Waals surface area contributed by atoms with E-state index in [1.807, 2.05) is 0 Å². The summed E-state index contributed by atoms with van der Waals surface area (Å²) in [5, 5.41) is 9.49. The minimum absolute atomic E-state index is 0.113. The molecule has 0 saturated heterocycles. The standard InChI is InChI=1S/C22H33NO/c1-2-3-4-5-6-17-7-8-19-14-20(10-9-18(19)13-17)21-11-12-22(23,15-21)16-24/h4-5,9-10,14,17,21,24H,2-3,6-8,11-13,15-16,23H2,1H3/b5-4+/t17?,21-,22+/m0/s1. The molecule has 0 radical (unpaired) electrons. The second-order valence-electron chi connectivity index (χ2n) is 8.09. The summed E-state index contributed by atoms with van der Waals surface area (Å²) in [4.78, 5) is 0. The number of rotatable bonds is 6. The summed E-state index contributed by atoms with van der Waals surface area (Å²) >= 11 is 0. The molecule has 1 fully saturated rings. The summed E-state index contributed by atoms with van der Waals surface area (Å²) in [5.41, 5.74) is 10.5. The van der Waals surface area contributed by atoms with Gasteiger partial charge in [0.25, 0.3) is 0 Å². The summed E-state index contributed by atoms with van der Waals surface area (Å²) in [7, 11) is 0. The number of unbranched alkanes of at least 4 members (excludes halogenated alkanes) is 1. The average Bonchev–Trinajstić information content (AvgIpc) is 3.01. The van der Waals surface area contributed by atoms with E-state index >= 15 is 0 Å². The van der Waals surface area contributed by atoms with Crippen molar-refractivity contribution in [3.8, 4) is 0 Å². The first-order chi connectivity index (χ1) is 11.6. The van der Waals surface area contributed by atoms with E-state index in [1.54, 1.807) is 11.1 Å². The van der Waals surface area contributed by atoms with E-state index in [9.17, 15) is 5.11 Å². The monoisotopic (exact) mass is 327 g/mol. The van der Waals surface area contributed by atoms with Gasteiger partial charge in [0.05, 0.1) is 6.61 Å². The van der Waals surface area contributed by atoms with Gasteiger partial charge >= 0.3 is 0 Å². The maximum Gasteiger partial charge on any atom is 0.0611 e. The number of hydrogen-bond acceptors (Lipinski definition) is 2. The molecule has 1 saturated carbocycles. The van der Waals surface area contributed by atoms with E-state index in [2.05, 4.69) is 37.3 Å². The highest BCUT2D eigenvalue weighted by atomic mass is 16.3. The number of aryl methyl sites for hydroxylation is 1. The molecule has 0 aliphatic heterocycles. The average molecular weight is 328 g/mol. The predicted molar refractivity (Wildman–Crippen MR) is 101 cm³/mol. The lowest BCUT2D eigenvalue weighted by Gasteiger charge is -2.25. The molecule has 2 aliphatic rings. The van der Waals surface area contributed by atoms with Crippen LogP contribution in [0.5, 0.6) is 0 Å². The Kier molecular flexibility index (Phi) is 5.78. The Hall–Kier alpha value is -1.12. The number of aliphatic hydroxyl groups excluding tert-OH is 1. The first kappa shape index (κ1) is 17.7. The topological polar surface area (TPSA) is 46.2 Å². The zero-order chi connectivity index (χ0) is 17.0. The lowest BCUT2D eigenvalue weighted by Crippen LogP contribution is -2.40. The van der Waals surface area contributed by atoms with Gasteiger partial charge in [-0.05, 0) is 79.9 Å². The molecule has 3 N–H and O–H groups in total.